The predicted octanol–water partition coefficient (Wildman–Crippen LogP) is 1.61. The molecule has 0 N–H and O–H groups in total. The average Bonchev–Trinajstić information content (AvgIpc) is 3.49. The predicted molar refractivity (Wildman–Crippen MR) is 110 cm³/mol. The van der Waals surface area contributed by atoms with Crippen molar-refractivity contribution in [3.8, 4) is 29.0 Å². The maximum atomic E-state index is 13.4. The number of nitrogens with zero attached hydrogens (tertiary/aromatic N) is 9. The van der Waals surface area contributed by atoms with Crippen molar-refractivity contribution in [3.63, 3.8) is 0 Å². The minimum Gasteiger partial charge on any atom is -0.362 e. The molecule has 0 aliphatic carbocycles. The highest BCUT2D eigenvalue weighted by atomic mass is 32.2. The third-order valence-corrected chi connectivity index (χ3v) is 6.34. The lowest BCUT2D eigenvalue weighted by atomic mass is 10.2. The molecular weight excluding hydrogens is 479 g/mol. The molecule has 4 rings (SSSR count). The number of hydrogen-bond acceptors (Lipinski definition) is 8. The molecular formula is C18H16F3N9O3S. The first-order valence-electron chi connectivity index (χ1n) is 9.39. The Hall–Kier alpha value is -3.81. The maximum Gasteiger partial charge on any atom is 0.453 e. The highest BCUT2D eigenvalue weighted by Gasteiger charge is 2.38. The molecule has 4 aromatic rings. The van der Waals surface area contributed by atoms with E-state index in [-0.39, 0.29) is 40.8 Å². The van der Waals surface area contributed by atoms with Crippen molar-refractivity contribution in [1.82, 2.24) is 37.4 Å². The largest absolute Gasteiger partial charge is 0.453 e. The standard InChI is InChI=1S/C18H16F3N9O3S/c1-27(2)34(31,32)28-8-12(23-9-28)14-13(24-15-11(7-22)5-4-6-29(14)15)16-25-17(18(19,20)21)26-30(16)10-33-3/h4-6,8-9H,10H2,1-3H3. The number of fused-ring (bicyclic) bond motifs is 1. The van der Waals surface area contributed by atoms with Crippen molar-refractivity contribution in [2.24, 2.45) is 0 Å². The molecule has 12 nitrogen and oxygen atoms in total. The molecule has 0 atom stereocenters. The van der Waals surface area contributed by atoms with E-state index >= 15 is 0 Å². The van der Waals surface area contributed by atoms with Gasteiger partial charge in [-0.15, -0.1) is 5.10 Å². The molecule has 0 unspecified atom stereocenters. The normalized spacial score (nSPS) is 12.5. The van der Waals surface area contributed by atoms with Gasteiger partial charge >= 0.3 is 16.4 Å². The second-order valence-corrected chi connectivity index (χ2v) is 9.14. The maximum absolute atomic E-state index is 13.4. The SMILES string of the molecule is COCn1nc(C(F)(F)F)nc1-c1nc2c(C#N)cccn2c1-c1cn(S(=O)(=O)N(C)C)cn1. The summed E-state index contributed by atoms with van der Waals surface area (Å²) < 4.78 is 74.1. The Bertz CT molecular complexity index is 1530. The zero-order valence-corrected chi connectivity index (χ0v) is 18.7. The second-order valence-electron chi connectivity index (χ2n) is 7.09. The van der Waals surface area contributed by atoms with Gasteiger partial charge in [0.25, 0.3) is 5.82 Å². The summed E-state index contributed by atoms with van der Waals surface area (Å²) in [7, 11) is 0.0157. The quantitative estimate of drug-likeness (QED) is 0.394. The van der Waals surface area contributed by atoms with E-state index in [0.29, 0.717) is 0 Å². The zero-order valence-electron chi connectivity index (χ0n) is 17.9. The number of methoxy groups -OCH3 is 1. The summed E-state index contributed by atoms with van der Waals surface area (Å²) in [4.78, 5) is 12.1. The van der Waals surface area contributed by atoms with Gasteiger partial charge in [0, 0.05) is 27.4 Å². The van der Waals surface area contributed by atoms with Crippen LogP contribution >= 0.6 is 0 Å². The van der Waals surface area contributed by atoms with Gasteiger partial charge in [-0.2, -0.15) is 31.2 Å². The zero-order chi connectivity index (χ0) is 24.8. The molecule has 0 spiro atoms. The summed E-state index contributed by atoms with van der Waals surface area (Å²) in [5.41, 5.74) is 0.307. The fraction of sp³-hybridized carbons (Fsp3) is 0.278. The van der Waals surface area contributed by atoms with Gasteiger partial charge in [-0.3, -0.25) is 4.40 Å². The number of imidazole rings is 2. The van der Waals surface area contributed by atoms with Crippen molar-refractivity contribution < 1.29 is 26.3 Å². The lowest BCUT2D eigenvalue weighted by Gasteiger charge is -2.10. The van der Waals surface area contributed by atoms with E-state index in [1.54, 1.807) is 0 Å². The number of halogens is 3. The van der Waals surface area contributed by atoms with E-state index < -0.39 is 22.2 Å². The van der Waals surface area contributed by atoms with Crippen molar-refractivity contribution in [3.05, 3.63) is 42.2 Å². The molecule has 178 valence electrons. The third-order valence-electron chi connectivity index (χ3n) is 4.69. The molecule has 0 radical (unpaired) electrons. The van der Waals surface area contributed by atoms with Crippen molar-refractivity contribution in [2.75, 3.05) is 21.2 Å². The Morgan fingerprint density at radius 2 is 2.00 bits per heavy atom. The van der Waals surface area contributed by atoms with Gasteiger partial charge in [-0.25, -0.2) is 23.6 Å². The van der Waals surface area contributed by atoms with Gasteiger partial charge < -0.3 is 4.74 Å². The van der Waals surface area contributed by atoms with Crippen LogP contribution in [0.5, 0.6) is 0 Å². The Kier molecular flexibility index (Phi) is 5.63. The first-order chi connectivity index (χ1) is 16.0. The van der Waals surface area contributed by atoms with Crippen LogP contribution in [-0.2, 0) is 27.9 Å². The van der Waals surface area contributed by atoms with E-state index in [1.165, 1.54) is 50.1 Å². The number of pyridine rings is 1. The van der Waals surface area contributed by atoms with Crippen LogP contribution in [0.3, 0.4) is 0 Å². The minimum absolute atomic E-state index is 0.0588. The van der Waals surface area contributed by atoms with Crippen LogP contribution < -0.4 is 0 Å². The van der Waals surface area contributed by atoms with Crippen molar-refractivity contribution >= 4 is 15.9 Å². The van der Waals surface area contributed by atoms with Crippen molar-refractivity contribution in [2.45, 2.75) is 12.9 Å². The highest BCUT2D eigenvalue weighted by molar-refractivity contribution is 7.87. The number of ether oxygens (including phenoxy) is 1. The average molecular weight is 495 g/mol. The van der Waals surface area contributed by atoms with Crippen LogP contribution in [0.15, 0.2) is 30.9 Å². The van der Waals surface area contributed by atoms with Gasteiger partial charge in [0.15, 0.2) is 11.5 Å². The number of rotatable bonds is 6. The van der Waals surface area contributed by atoms with Crippen LogP contribution in [0.25, 0.3) is 28.6 Å². The van der Waals surface area contributed by atoms with Crippen LogP contribution in [0, 0.1) is 11.3 Å². The molecule has 0 aliphatic heterocycles. The Morgan fingerprint density at radius 1 is 1.26 bits per heavy atom. The van der Waals surface area contributed by atoms with Gasteiger partial charge in [0.2, 0.25) is 0 Å². The molecule has 34 heavy (non-hydrogen) atoms. The molecule has 0 fully saturated rings. The summed E-state index contributed by atoms with van der Waals surface area (Å²) >= 11 is 0. The van der Waals surface area contributed by atoms with Gasteiger partial charge in [-0.05, 0) is 12.1 Å². The minimum atomic E-state index is -4.84. The van der Waals surface area contributed by atoms with E-state index in [2.05, 4.69) is 20.1 Å². The van der Waals surface area contributed by atoms with Crippen LogP contribution in [0.1, 0.15) is 11.4 Å². The molecule has 0 amide bonds. The number of alkyl halides is 3. The fourth-order valence-corrected chi connectivity index (χ4v) is 3.93. The summed E-state index contributed by atoms with van der Waals surface area (Å²) in [5.74, 6) is -1.72. The molecule has 0 saturated heterocycles. The monoisotopic (exact) mass is 495 g/mol. The molecule has 4 aromatic heterocycles. The molecule has 0 saturated carbocycles. The first-order valence-corrected chi connectivity index (χ1v) is 10.8. The summed E-state index contributed by atoms with van der Waals surface area (Å²) in [6.45, 7) is -0.375. The number of hydrogen-bond donors (Lipinski definition) is 0. The molecule has 0 bridgehead atoms. The van der Waals surface area contributed by atoms with Gasteiger partial charge in [0.1, 0.15) is 36.2 Å². The van der Waals surface area contributed by atoms with Crippen LogP contribution in [0.4, 0.5) is 13.2 Å². The van der Waals surface area contributed by atoms with E-state index in [9.17, 15) is 26.9 Å². The summed E-state index contributed by atoms with van der Waals surface area (Å²) in [6.07, 6.45) is -1.10. The highest BCUT2D eigenvalue weighted by Crippen LogP contribution is 2.34. The van der Waals surface area contributed by atoms with Gasteiger partial charge in [-0.1, -0.05) is 0 Å². The number of nitriles is 1. The van der Waals surface area contributed by atoms with Crippen molar-refractivity contribution in [1.29, 1.82) is 5.26 Å². The molecule has 4 heterocycles. The van der Waals surface area contributed by atoms with Crippen LogP contribution in [-0.4, -0.2) is 67.0 Å². The Morgan fingerprint density at radius 3 is 2.62 bits per heavy atom. The molecule has 0 aliphatic rings. The number of aromatic nitrogens is 7. The smallest absolute Gasteiger partial charge is 0.362 e. The lowest BCUT2D eigenvalue weighted by molar-refractivity contribution is -0.145. The third kappa shape index (κ3) is 3.79. The van der Waals surface area contributed by atoms with E-state index in [0.717, 1.165) is 19.3 Å². The Labute approximate surface area is 190 Å². The summed E-state index contributed by atoms with van der Waals surface area (Å²) in [6, 6.07) is 4.98. The van der Waals surface area contributed by atoms with E-state index in [4.69, 9.17) is 4.74 Å². The Balaban J connectivity index is 2.04. The summed E-state index contributed by atoms with van der Waals surface area (Å²) in [5, 5.41) is 13.0. The second kappa shape index (κ2) is 8.20. The molecule has 0 aromatic carbocycles. The fourth-order valence-electron chi connectivity index (χ4n) is 3.15. The first kappa shape index (κ1) is 23.4. The lowest BCUT2D eigenvalue weighted by Crippen LogP contribution is -2.27. The van der Waals surface area contributed by atoms with Crippen LogP contribution in [0.2, 0.25) is 0 Å². The van der Waals surface area contributed by atoms with E-state index in [1.807, 2.05) is 6.07 Å². The van der Waals surface area contributed by atoms with Gasteiger partial charge in [0.05, 0.1) is 11.8 Å². The topological polar surface area (TPSA) is 136 Å². The molecule has 16 heteroatoms.